The van der Waals surface area contributed by atoms with Crippen molar-refractivity contribution in [2.75, 3.05) is 13.1 Å². The average Bonchev–Trinajstić information content (AvgIpc) is 2.77. The minimum absolute atomic E-state index is 0.539. The molecule has 2 heterocycles. The molecule has 1 saturated heterocycles. The van der Waals surface area contributed by atoms with Gasteiger partial charge in [0.05, 0.1) is 12.0 Å². The fraction of sp³-hybridized carbons (Fsp3) is 0.667. The summed E-state index contributed by atoms with van der Waals surface area (Å²) in [6, 6.07) is 0. The Morgan fingerprint density at radius 3 is 3.13 bits per heavy atom. The second-order valence-electron chi connectivity index (χ2n) is 4.17. The van der Waals surface area contributed by atoms with Crippen molar-refractivity contribution in [3.63, 3.8) is 0 Å². The maximum atomic E-state index is 11.0. The summed E-state index contributed by atoms with van der Waals surface area (Å²) in [5.74, 6) is -0.136. The van der Waals surface area contributed by atoms with Gasteiger partial charge < -0.3 is 9.63 Å². The third-order valence-corrected chi connectivity index (χ3v) is 2.84. The zero-order chi connectivity index (χ0) is 10.9. The number of nitrogens with zero attached hydrogens (tertiary/aromatic N) is 3. The van der Waals surface area contributed by atoms with E-state index in [-0.39, 0.29) is 0 Å². The molecule has 6 nitrogen and oxygen atoms in total. The number of aromatic nitrogens is 2. The van der Waals surface area contributed by atoms with E-state index in [1.165, 1.54) is 6.39 Å². The van der Waals surface area contributed by atoms with Crippen LogP contribution in [0.1, 0.15) is 19.2 Å². The number of carboxylic acids is 1. The number of aliphatic carboxylic acids is 1. The maximum absolute atomic E-state index is 11.0. The van der Waals surface area contributed by atoms with Crippen LogP contribution in [0.25, 0.3) is 0 Å². The molecule has 1 aliphatic heterocycles. The molecule has 1 fully saturated rings. The predicted molar refractivity (Wildman–Crippen MR) is 49.9 cm³/mol. The Balaban J connectivity index is 1.96. The van der Waals surface area contributed by atoms with Crippen LogP contribution >= 0.6 is 0 Å². The third kappa shape index (κ3) is 1.99. The highest BCUT2D eigenvalue weighted by atomic mass is 16.5. The van der Waals surface area contributed by atoms with Crippen LogP contribution in [0.2, 0.25) is 0 Å². The standard InChI is InChI=1S/C9H13N3O3/c1-9(8(13)14)2-3-12(5-9)4-7-10-6-15-11-7/h6H,2-5H2,1H3,(H,13,14). The molecule has 0 radical (unpaired) electrons. The van der Waals surface area contributed by atoms with E-state index in [1.807, 2.05) is 4.90 Å². The molecule has 0 aromatic carbocycles. The number of rotatable bonds is 3. The van der Waals surface area contributed by atoms with Crippen LogP contribution in [-0.4, -0.2) is 39.2 Å². The van der Waals surface area contributed by atoms with Gasteiger partial charge in [0.2, 0.25) is 6.39 Å². The number of carbonyl (C=O) groups is 1. The summed E-state index contributed by atoms with van der Waals surface area (Å²) < 4.78 is 4.62. The molecule has 82 valence electrons. The zero-order valence-electron chi connectivity index (χ0n) is 8.51. The fourth-order valence-corrected chi connectivity index (χ4v) is 1.83. The van der Waals surface area contributed by atoms with Gasteiger partial charge in [0.25, 0.3) is 0 Å². The molecule has 0 amide bonds. The van der Waals surface area contributed by atoms with Gasteiger partial charge in [-0.3, -0.25) is 9.69 Å². The molecule has 0 aliphatic carbocycles. The topological polar surface area (TPSA) is 79.5 Å². The first-order valence-corrected chi connectivity index (χ1v) is 4.81. The SMILES string of the molecule is CC1(C(=O)O)CCN(Cc2ncon2)C1. The quantitative estimate of drug-likeness (QED) is 0.777. The van der Waals surface area contributed by atoms with Gasteiger partial charge in [-0.1, -0.05) is 5.16 Å². The highest BCUT2D eigenvalue weighted by Crippen LogP contribution is 2.30. The van der Waals surface area contributed by atoms with Crippen LogP contribution < -0.4 is 0 Å². The minimum Gasteiger partial charge on any atom is -0.481 e. The number of hydrogen-bond acceptors (Lipinski definition) is 5. The van der Waals surface area contributed by atoms with Crippen LogP contribution in [-0.2, 0) is 11.3 Å². The van der Waals surface area contributed by atoms with Gasteiger partial charge >= 0.3 is 5.97 Å². The molecule has 1 aliphatic rings. The van der Waals surface area contributed by atoms with E-state index in [0.29, 0.717) is 25.3 Å². The summed E-state index contributed by atoms with van der Waals surface area (Å²) in [6.45, 7) is 3.62. The lowest BCUT2D eigenvalue weighted by Crippen LogP contribution is -2.31. The molecule has 0 bridgehead atoms. The summed E-state index contributed by atoms with van der Waals surface area (Å²) in [5, 5.41) is 12.7. The van der Waals surface area contributed by atoms with Gasteiger partial charge in [-0.05, 0) is 19.9 Å². The molecule has 1 aromatic rings. The lowest BCUT2D eigenvalue weighted by Gasteiger charge is -2.18. The molecular formula is C9H13N3O3. The molecular weight excluding hydrogens is 198 g/mol. The highest BCUT2D eigenvalue weighted by Gasteiger charge is 2.40. The lowest BCUT2D eigenvalue weighted by atomic mass is 9.90. The van der Waals surface area contributed by atoms with Crippen LogP contribution in [0.15, 0.2) is 10.9 Å². The Labute approximate surface area is 86.9 Å². The first kappa shape index (κ1) is 10.1. The molecule has 0 saturated carbocycles. The normalized spacial score (nSPS) is 27.0. The van der Waals surface area contributed by atoms with E-state index in [9.17, 15) is 4.79 Å². The van der Waals surface area contributed by atoms with Crippen molar-refractivity contribution in [2.24, 2.45) is 5.41 Å². The van der Waals surface area contributed by atoms with Gasteiger partial charge in [-0.25, -0.2) is 0 Å². The van der Waals surface area contributed by atoms with Crippen molar-refractivity contribution in [1.29, 1.82) is 0 Å². The van der Waals surface area contributed by atoms with Crippen molar-refractivity contribution < 1.29 is 14.4 Å². The van der Waals surface area contributed by atoms with E-state index >= 15 is 0 Å². The van der Waals surface area contributed by atoms with Crippen LogP contribution in [0.5, 0.6) is 0 Å². The predicted octanol–water partition coefficient (Wildman–Crippen LogP) is 0.366. The van der Waals surface area contributed by atoms with Gasteiger partial charge in [-0.15, -0.1) is 0 Å². The summed E-state index contributed by atoms with van der Waals surface area (Å²) >= 11 is 0. The molecule has 1 aromatic heterocycles. The van der Waals surface area contributed by atoms with E-state index < -0.39 is 11.4 Å². The monoisotopic (exact) mass is 211 g/mol. The second-order valence-corrected chi connectivity index (χ2v) is 4.17. The Morgan fingerprint density at radius 1 is 1.80 bits per heavy atom. The number of hydrogen-bond donors (Lipinski definition) is 1. The molecule has 2 rings (SSSR count). The molecule has 6 heteroatoms. The zero-order valence-corrected chi connectivity index (χ0v) is 8.51. The summed E-state index contributed by atoms with van der Waals surface area (Å²) in [4.78, 5) is 16.9. The van der Waals surface area contributed by atoms with E-state index in [0.717, 1.165) is 6.54 Å². The third-order valence-electron chi connectivity index (χ3n) is 2.84. The molecule has 1 atom stereocenters. The van der Waals surface area contributed by atoms with Gasteiger partial charge in [0, 0.05) is 6.54 Å². The summed E-state index contributed by atoms with van der Waals surface area (Å²) in [5.41, 5.74) is -0.635. The van der Waals surface area contributed by atoms with Crippen LogP contribution in [0.3, 0.4) is 0 Å². The molecule has 1 unspecified atom stereocenters. The van der Waals surface area contributed by atoms with Gasteiger partial charge in [0.15, 0.2) is 5.82 Å². The Bertz CT molecular complexity index is 351. The average molecular weight is 211 g/mol. The maximum Gasteiger partial charge on any atom is 0.310 e. The first-order valence-electron chi connectivity index (χ1n) is 4.81. The summed E-state index contributed by atoms with van der Waals surface area (Å²) in [6.07, 6.45) is 1.95. The smallest absolute Gasteiger partial charge is 0.310 e. The van der Waals surface area contributed by atoms with Crippen molar-refractivity contribution in [2.45, 2.75) is 19.9 Å². The largest absolute Gasteiger partial charge is 0.481 e. The Morgan fingerprint density at radius 2 is 2.60 bits per heavy atom. The number of likely N-dealkylation sites (tertiary alicyclic amines) is 1. The van der Waals surface area contributed by atoms with E-state index in [1.54, 1.807) is 6.92 Å². The van der Waals surface area contributed by atoms with Crippen LogP contribution in [0.4, 0.5) is 0 Å². The van der Waals surface area contributed by atoms with Gasteiger partial charge in [0.1, 0.15) is 0 Å². The van der Waals surface area contributed by atoms with Crippen molar-refractivity contribution >= 4 is 5.97 Å². The van der Waals surface area contributed by atoms with Crippen LogP contribution in [0, 0.1) is 5.41 Å². The van der Waals surface area contributed by atoms with Crippen molar-refractivity contribution in [1.82, 2.24) is 15.0 Å². The fourth-order valence-electron chi connectivity index (χ4n) is 1.83. The summed E-state index contributed by atoms with van der Waals surface area (Å²) in [7, 11) is 0. The minimum atomic E-state index is -0.738. The van der Waals surface area contributed by atoms with E-state index in [4.69, 9.17) is 5.11 Å². The van der Waals surface area contributed by atoms with Gasteiger partial charge in [-0.2, -0.15) is 4.98 Å². The molecule has 1 N–H and O–H groups in total. The number of carboxylic acid groups (broad SMARTS) is 1. The Hall–Kier alpha value is -1.43. The second kappa shape index (κ2) is 3.62. The van der Waals surface area contributed by atoms with Crippen molar-refractivity contribution in [3.05, 3.63) is 12.2 Å². The van der Waals surface area contributed by atoms with E-state index in [2.05, 4.69) is 14.7 Å². The Kier molecular flexibility index (Phi) is 2.44. The first-order chi connectivity index (χ1) is 7.10. The van der Waals surface area contributed by atoms with Crippen molar-refractivity contribution in [3.8, 4) is 0 Å². The molecule has 0 spiro atoms. The highest BCUT2D eigenvalue weighted by molar-refractivity contribution is 5.74. The molecule has 15 heavy (non-hydrogen) atoms. The lowest BCUT2D eigenvalue weighted by molar-refractivity contribution is -0.147.